The van der Waals surface area contributed by atoms with Crippen LogP contribution >= 0.6 is 11.8 Å². The zero-order chi connectivity index (χ0) is 15.7. The first-order valence-electron chi connectivity index (χ1n) is 6.38. The second-order valence-corrected chi connectivity index (χ2v) is 5.39. The second kappa shape index (κ2) is 9.02. The van der Waals surface area contributed by atoms with Gasteiger partial charge in [-0.1, -0.05) is 30.3 Å². The minimum atomic E-state index is -0.959. The highest BCUT2D eigenvalue weighted by molar-refractivity contribution is 8.00. The minimum absolute atomic E-state index is 0.0674. The lowest BCUT2D eigenvalue weighted by Gasteiger charge is -2.22. The van der Waals surface area contributed by atoms with E-state index in [1.807, 2.05) is 30.3 Å². The van der Waals surface area contributed by atoms with E-state index in [1.165, 1.54) is 4.90 Å². The second-order valence-electron chi connectivity index (χ2n) is 4.40. The van der Waals surface area contributed by atoms with E-state index < -0.39 is 11.9 Å². The first kappa shape index (κ1) is 17.0. The summed E-state index contributed by atoms with van der Waals surface area (Å²) in [5.41, 5.74) is 6.06. The maximum Gasteiger partial charge on any atom is 0.313 e. The van der Waals surface area contributed by atoms with Gasteiger partial charge in [0.25, 0.3) is 0 Å². The quantitative estimate of drug-likeness (QED) is 0.699. The molecule has 0 saturated heterocycles. The molecule has 114 valence electrons. The number of carboxylic acids is 1. The number of primary amides is 1. The Morgan fingerprint density at radius 1 is 1.14 bits per heavy atom. The zero-order valence-electron chi connectivity index (χ0n) is 11.5. The number of amides is 2. The van der Waals surface area contributed by atoms with Gasteiger partial charge in [0, 0.05) is 19.5 Å². The molecule has 1 aromatic rings. The van der Waals surface area contributed by atoms with Crippen molar-refractivity contribution >= 4 is 29.5 Å². The average Bonchev–Trinajstić information content (AvgIpc) is 2.43. The van der Waals surface area contributed by atoms with Crippen LogP contribution in [0.2, 0.25) is 0 Å². The number of carboxylic acid groups (broad SMARTS) is 1. The van der Waals surface area contributed by atoms with E-state index in [0.717, 1.165) is 17.3 Å². The van der Waals surface area contributed by atoms with Crippen molar-refractivity contribution in [2.24, 2.45) is 5.73 Å². The van der Waals surface area contributed by atoms with Crippen LogP contribution in [0, 0.1) is 0 Å². The normalized spacial score (nSPS) is 10.1. The molecule has 0 aliphatic carbocycles. The molecule has 0 unspecified atom stereocenters. The predicted octanol–water partition coefficient (Wildman–Crippen LogP) is 0.708. The lowest BCUT2D eigenvalue weighted by molar-refractivity contribution is -0.134. The van der Waals surface area contributed by atoms with Gasteiger partial charge in [0.15, 0.2) is 0 Å². The van der Waals surface area contributed by atoms with E-state index >= 15 is 0 Å². The summed E-state index contributed by atoms with van der Waals surface area (Å²) < 4.78 is 0. The van der Waals surface area contributed by atoms with E-state index in [1.54, 1.807) is 0 Å². The van der Waals surface area contributed by atoms with E-state index in [-0.39, 0.29) is 30.4 Å². The molecule has 0 atom stereocenters. The lowest BCUT2D eigenvalue weighted by Crippen LogP contribution is -2.35. The molecule has 0 fully saturated rings. The topological polar surface area (TPSA) is 101 Å². The summed E-state index contributed by atoms with van der Waals surface area (Å²) in [6, 6.07) is 9.38. The van der Waals surface area contributed by atoms with Crippen LogP contribution < -0.4 is 5.73 Å². The Bertz CT molecular complexity index is 493. The highest BCUT2D eigenvalue weighted by Gasteiger charge is 2.15. The third-order valence-corrected chi connectivity index (χ3v) is 3.55. The molecule has 0 aliphatic rings. The summed E-state index contributed by atoms with van der Waals surface area (Å²) in [7, 11) is 0. The van der Waals surface area contributed by atoms with Crippen molar-refractivity contribution in [1.82, 2.24) is 4.90 Å². The van der Waals surface area contributed by atoms with Crippen molar-refractivity contribution in [3.63, 3.8) is 0 Å². The third-order valence-electron chi connectivity index (χ3n) is 2.65. The first-order chi connectivity index (χ1) is 9.99. The molecule has 6 nitrogen and oxygen atoms in total. The van der Waals surface area contributed by atoms with Crippen LogP contribution in [-0.4, -0.2) is 45.8 Å². The zero-order valence-corrected chi connectivity index (χ0v) is 12.3. The molecule has 1 rings (SSSR count). The van der Waals surface area contributed by atoms with Crippen LogP contribution in [0.3, 0.4) is 0 Å². The maximum absolute atomic E-state index is 12.1. The van der Waals surface area contributed by atoms with Crippen molar-refractivity contribution in [3.05, 3.63) is 35.9 Å². The van der Waals surface area contributed by atoms with Gasteiger partial charge in [-0.2, -0.15) is 0 Å². The fraction of sp³-hybridized carbons (Fsp3) is 0.357. The van der Waals surface area contributed by atoms with Crippen molar-refractivity contribution in [2.45, 2.75) is 13.0 Å². The Kier molecular flexibility index (Phi) is 7.31. The summed E-state index contributed by atoms with van der Waals surface area (Å²) in [6.45, 7) is 0.608. The van der Waals surface area contributed by atoms with Gasteiger partial charge >= 0.3 is 5.97 Å². The number of thioether (sulfide) groups is 1. The molecular formula is C14H18N2O4S. The fourth-order valence-electron chi connectivity index (χ4n) is 1.66. The van der Waals surface area contributed by atoms with Gasteiger partial charge in [-0.25, -0.2) is 0 Å². The number of rotatable bonds is 9. The maximum atomic E-state index is 12.1. The van der Waals surface area contributed by atoms with Gasteiger partial charge in [-0.05, 0) is 5.56 Å². The third kappa shape index (κ3) is 7.36. The summed E-state index contributed by atoms with van der Waals surface area (Å²) in [4.78, 5) is 35.0. The number of nitrogens with zero attached hydrogens (tertiary/aromatic N) is 1. The number of hydrogen-bond acceptors (Lipinski definition) is 4. The van der Waals surface area contributed by atoms with Gasteiger partial charge in [0.2, 0.25) is 11.8 Å². The molecule has 3 N–H and O–H groups in total. The van der Waals surface area contributed by atoms with E-state index in [9.17, 15) is 14.4 Å². The first-order valence-corrected chi connectivity index (χ1v) is 7.54. The average molecular weight is 310 g/mol. The molecule has 0 aliphatic heterocycles. The van der Waals surface area contributed by atoms with Gasteiger partial charge in [0.1, 0.15) is 0 Å². The predicted molar refractivity (Wildman–Crippen MR) is 80.6 cm³/mol. The van der Waals surface area contributed by atoms with Crippen molar-refractivity contribution in [1.29, 1.82) is 0 Å². The molecule has 0 saturated carbocycles. The van der Waals surface area contributed by atoms with Crippen LogP contribution in [0.25, 0.3) is 0 Å². The number of carbonyl (C=O) groups is 3. The standard InChI is InChI=1S/C14H18N2O4S/c15-12(17)6-7-16(8-11-4-2-1-3-5-11)13(18)9-21-10-14(19)20/h1-5H,6-10H2,(H2,15,17)(H,19,20). The SMILES string of the molecule is NC(=O)CCN(Cc1ccccc1)C(=O)CSCC(=O)O. The number of carbonyl (C=O) groups excluding carboxylic acids is 2. The molecule has 0 bridgehead atoms. The molecule has 21 heavy (non-hydrogen) atoms. The number of aliphatic carboxylic acids is 1. The van der Waals surface area contributed by atoms with E-state index in [0.29, 0.717) is 6.54 Å². The van der Waals surface area contributed by atoms with Crippen LogP contribution in [0.5, 0.6) is 0 Å². The Morgan fingerprint density at radius 3 is 2.38 bits per heavy atom. The smallest absolute Gasteiger partial charge is 0.313 e. The van der Waals surface area contributed by atoms with Crippen molar-refractivity contribution < 1.29 is 19.5 Å². The van der Waals surface area contributed by atoms with Gasteiger partial charge in [0.05, 0.1) is 11.5 Å². The Balaban J connectivity index is 2.60. The Morgan fingerprint density at radius 2 is 1.81 bits per heavy atom. The molecule has 1 aromatic carbocycles. The minimum Gasteiger partial charge on any atom is -0.481 e. The number of nitrogens with two attached hydrogens (primary N) is 1. The highest BCUT2D eigenvalue weighted by Crippen LogP contribution is 2.09. The monoisotopic (exact) mass is 310 g/mol. The molecule has 0 spiro atoms. The number of benzene rings is 1. The summed E-state index contributed by atoms with van der Waals surface area (Å²) in [5, 5.41) is 8.57. The molecule has 0 heterocycles. The van der Waals surface area contributed by atoms with Crippen LogP contribution in [0.4, 0.5) is 0 Å². The fourth-order valence-corrected chi connectivity index (χ4v) is 2.29. The molecule has 2 amide bonds. The van der Waals surface area contributed by atoms with Crippen molar-refractivity contribution in [2.75, 3.05) is 18.1 Å². The lowest BCUT2D eigenvalue weighted by atomic mass is 10.2. The van der Waals surface area contributed by atoms with Gasteiger partial charge in [-0.15, -0.1) is 11.8 Å². The highest BCUT2D eigenvalue weighted by atomic mass is 32.2. The summed E-state index contributed by atoms with van der Waals surface area (Å²) in [6.07, 6.45) is 0.0855. The Labute approximate surface area is 127 Å². The van der Waals surface area contributed by atoms with Crippen molar-refractivity contribution in [3.8, 4) is 0 Å². The number of hydrogen-bond donors (Lipinski definition) is 2. The van der Waals surface area contributed by atoms with Gasteiger partial charge < -0.3 is 15.7 Å². The summed E-state index contributed by atoms with van der Waals surface area (Å²) >= 11 is 1.04. The van der Waals surface area contributed by atoms with Gasteiger partial charge in [-0.3, -0.25) is 14.4 Å². The van der Waals surface area contributed by atoms with E-state index in [4.69, 9.17) is 10.8 Å². The molecule has 0 radical (unpaired) electrons. The molecule has 7 heteroatoms. The molecule has 0 aromatic heterocycles. The summed E-state index contributed by atoms with van der Waals surface area (Å²) in [5.74, 6) is -1.69. The largest absolute Gasteiger partial charge is 0.481 e. The van der Waals surface area contributed by atoms with Crippen LogP contribution in [0.1, 0.15) is 12.0 Å². The molecular weight excluding hydrogens is 292 g/mol. The Hall–Kier alpha value is -2.02. The van der Waals surface area contributed by atoms with Crippen LogP contribution in [-0.2, 0) is 20.9 Å². The van der Waals surface area contributed by atoms with Crippen LogP contribution in [0.15, 0.2) is 30.3 Å². The van der Waals surface area contributed by atoms with E-state index in [2.05, 4.69) is 0 Å².